The second-order valence-corrected chi connectivity index (χ2v) is 8.10. The second-order valence-electron chi connectivity index (χ2n) is 8.10. The van der Waals surface area contributed by atoms with Crippen molar-refractivity contribution in [3.8, 4) is 17.2 Å². The molecular formula is C24H20F3NO6. The molecule has 3 aromatic rings. The Morgan fingerprint density at radius 1 is 1.15 bits per heavy atom. The van der Waals surface area contributed by atoms with Gasteiger partial charge in [-0.05, 0) is 56.2 Å². The number of hydrogen-bond donors (Lipinski definition) is 0. The third-order valence-electron chi connectivity index (χ3n) is 5.73. The number of fused-ring (bicyclic) bond motifs is 3. The quantitative estimate of drug-likeness (QED) is 0.476. The molecule has 5 rings (SSSR count). The highest BCUT2D eigenvalue weighted by Crippen LogP contribution is 2.42. The molecule has 2 heterocycles. The number of hydrogen-bond acceptors (Lipinski definition) is 7. The monoisotopic (exact) mass is 475 g/mol. The Hall–Kier alpha value is -3.53. The summed E-state index contributed by atoms with van der Waals surface area (Å²) in [6.07, 6.45) is -3.00. The molecule has 0 radical (unpaired) electrons. The molecule has 2 aliphatic rings. The van der Waals surface area contributed by atoms with E-state index in [0.717, 1.165) is 12.8 Å². The van der Waals surface area contributed by atoms with E-state index in [1.54, 1.807) is 13.0 Å². The van der Waals surface area contributed by atoms with Gasteiger partial charge in [0.1, 0.15) is 23.8 Å². The van der Waals surface area contributed by atoms with Crippen molar-refractivity contribution in [1.82, 2.24) is 4.90 Å². The second kappa shape index (κ2) is 8.35. The van der Waals surface area contributed by atoms with Crippen LogP contribution in [0.5, 0.6) is 17.2 Å². The Balaban J connectivity index is 1.57. The van der Waals surface area contributed by atoms with Crippen LogP contribution in [0.3, 0.4) is 0 Å². The summed E-state index contributed by atoms with van der Waals surface area (Å²) in [5, 5.41) is -0.0360. The molecule has 0 unspecified atom stereocenters. The molecule has 178 valence electrons. The molecule has 0 bridgehead atoms. The number of esters is 1. The Bertz CT molecular complexity index is 1310. The van der Waals surface area contributed by atoms with E-state index in [-0.39, 0.29) is 28.9 Å². The van der Waals surface area contributed by atoms with Crippen LogP contribution in [0.25, 0.3) is 11.0 Å². The van der Waals surface area contributed by atoms with E-state index < -0.39 is 29.1 Å². The van der Waals surface area contributed by atoms with E-state index in [9.17, 15) is 22.8 Å². The molecule has 0 N–H and O–H groups in total. The fourth-order valence-corrected chi connectivity index (χ4v) is 3.91. The average molecular weight is 475 g/mol. The summed E-state index contributed by atoms with van der Waals surface area (Å²) >= 11 is 0. The SMILES string of the molecule is CCOC(=O)c1ccc(Oc2c(C(F)(F)F)oc3c4c(ccc3c2=O)OCN(C2CC2)C4)cc1. The van der Waals surface area contributed by atoms with Crippen molar-refractivity contribution in [2.45, 2.75) is 38.5 Å². The van der Waals surface area contributed by atoms with Crippen molar-refractivity contribution in [1.29, 1.82) is 0 Å². The largest absolute Gasteiger partial charge is 0.478 e. The molecule has 0 amide bonds. The lowest BCUT2D eigenvalue weighted by molar-refractivity contribution is -0.154. The van der Waals surface area contributed by atoms with Crippen LogP contribution in [0.2, 0.25) is 0 Å². The standard InChI is InChI=1S/C24H20F3NO6/c1-2-31-23(30)13-3-7-15(8-4-13)33-21-19(29)16-9-10-18-17(11-28(12-32-18)14-5-6-14)20(16)34-22(21)24(25,26)27/h3-4,7-10,14H,2,5-6,11-12H2,1H3. The van der Waals surface area contributed by atoms with Gasteiger partial charge in [0, 0.05) is 12.6 Å². The van der Waals surface area contributed by atoms with Gasteiger partial charge in [0.2, 0.25) is 11.2 Å². The summed E-state index contributed by atoms with van der Waals surface area (Å²) < 4.78 is 63.1. The summed E-state index contributed by atoms with van der Waals surface area (Å²) in [5.41, 5.74) is -0.509. The fraction of sp³-hybridized carbons (Fsp3) is 0.333. The number of alkyl halides is 3. The van der Waals surface area contributed by atoms with Crippen molar-refractivity contribution < 1.29 is 36.6 Å². The number of carbonyl (C=O) groups excluding carboxylic acids is 1. The zero-order chi connectivity index (χ0) is 24.0. The maximum Gasteiger partial charge on any atom is 0.453 e. The Kier molecular flexibility index (Phi) is 5.47. The lowest BCUT2D eigenvalue weighted by atomic mass is 10.1. The lowest BCUT2D eigenvalue weighted by Gasteiger charge is -2.29. The minimum atomic E-state index is -4.98. The normalized spacial score (nSPS) is 16.1. The van der Waals surface area contributed by atoms with Gasteiger partial charge in [0.15, 0.2) is 0 Å². The predicted molar refractivity (Wildman–Crippen MR) is 114 cm³/mol. The summed E-state index contributed by atoms with van der Waals surface area (Å²) in [6, 6.07) is 8.49. The van der Waals surface area contributed by atoms with Gasteiger partial charge in [0.25, 0.3) is 5.76 Å². The Labute approximate surface area is 191 Å². The summed E-state index contributed by atoms with van der Waals surface area (Å²) in [6.45, 7) is 2.49. The first-order valence-corrected chi connectivity index (χ1v) is 10.8. The van der Waals surface area contributed by atoms with Crippen LogP contribution in [-0.2, 0) is 17.5 Å². The first-order valence-electron chi connectivity index (χ1n) is 10.8. The first kappa shape index (κ1) is 22.3. The van der Waals surface area contributed by atoms with E-state index in [4.69, 9.17) is 18.6 Å². The van der Waals surface area contributed by atoms with Crippen LogP contribution in [0.15, 0.2) is 45.6 Å². The number of rotatable bonds is 5. The number of ether oxygens (including phenoxy) is 3. The topological polar surface area (TPSA) is 78.2 Å². The third-order valence-corrected chi connectivity index (χ3v) is 5.73. The van der Waals surface area contributed by atoms with Crippen molar-refractivity contribution >= 4 is 16.9 Å². The zero-order valence-electron chi connectivity index (χ0n) is 18.1. The average Bonchev–Trinajstić information content (AvgIpc) is 3.65. The summed E-state index contributed by atoms with van der Waals surface area (Å²) in [5.74, 6) is -2.76. The molecule has 10 heteroatoms. The molecule has 1 fully saturated rings. The minimum Gasteiger partial charge on any atom is -0.478 e. The van der Waals surface area contributed by atoms with E-state index >= 15 is 0 Å². The van der Waals surface area contributed by atoms with Crippen LogP contribution in [0, 0.1) is 0 Å². The molecular weight excluding hydrogens is 455 g/mol. The van der Waals surface area contributed by atoms with Gasteiger partial charge in [-0.3, -0.25) is 9.69 Å². The van der Waals surface area contributed by atoms with Gasteiger partial charge >= 0.3 is 12.1 Å². The van der Waals surface area contributed by atoms with Crippen LogP contribution < -0.4 is 14.9 Å². The van der Waals surface area contributed by atoms with Gasteiger partial charge in [-0.15, -0.1) is 0 Å². The van der Waals surface area contributed by atoms with E-state index in [0.29, 0.717) is 30.6 Å². The lowest BCUT2D eigenvalue weighted by Crippen LogP contribution is -2.34. The van der Waals surface area contributed by atoms with Gasteiger partial charge in [-0.1, -0.05) is 0 Å². The molecule has 0 atom stereocenters. The molecule has 1 saturated carbocycles. The Morgan fingerprint density at radius 3 is 2.53 bits per heavy atom. The maximum absolute atomic E-state index is 13.9. The molecule has 0 saturated heterocycles. The number of nitrogens with zero attached hydrogens (tertiary/aromatic N) is 1. The van der Waals surface area contributed by atoms with Crippen molar-refractivity contribution in [3.05, 3.63) is 63.5 Å². The van der Waals surface area contributed by atoms with E-state index in [1.807, 2.05) is 4.90 Å². The van der Waals surface area contributed by atoms with Crippen LogP contribution in [-0.4, -0.2) is 30.2 Å². The molecule has 1 aliphatic carbocycles. The summed E-state index contributed by atoms with van der Waals surface area (Å²) in [4.78, 5) is 27.0. The molecule has 0 spiro atoms. The Morgan fingerprint density at radius 2 is 1.88 bits per heavy atom. The van der Waals surface area contributed by atoms with Crippen LogP contribution in [0.1, 0.15) is 41.4 Å². The van der Waals surface area contributed by atoms with Crippen molar-refractivity contribution in [2.24, 2.45) is 0 Å². The number of halogens is 3. The first-order chi connectivity index (χ1) is 16.3. The zero-order valence-corrected chi connectivity index (χ0v) is 18.1. The summed E-state index contributed by atoms with van der Waals surface area (Å²) in [7, 11) is 0. The highest BCUT2D eigenvalue weighted by atomic mass is 19.4. The molecule has 34 heavy (non-hydrogen) atoms. The highest BCUT2D eigenvalue weighted by Gasteiger charge is 2.41. The van der Waals surface area contributed by atoms with Crippen molar-refractivity contribution in [2.75, 3.05) is 13.3 Å². The van der Waals surface area contributed by atoms with Gasteiger partial charge in [-0.2, -0.15) is 13.2 Å². The number of benzene rings is 2. The number of carbonyl (C=O) groups is 1. The van der Waals surface area contributed by atoms with Gasteiger partial charge in [0.05, 0.1) is 23.1 Å². The van der Waals surface area contributed by atoms with Crippen molar-refractivity contribution in [3.63, 3.8) is 0 Å². The molecule has 7 nitrogen and oxygen atoms in total. The van der Waals surface area contributed by atoms with E-state index in [1.165, 1.54) is 30.3 Å². The smallest absolute Gasteiger partial charge is 0.453 e. The van der Waals surface area contributed by atoms with E-state index in [2.05, 4.69) is 0 Å². The predicted octanol–water partition coefficient (Wildman–Crippen LogP) is 5.10. The van der Waals surface area contributed by atoms with Gasteiger partial charge in [-0.25, -0.2) is 4.79 Å². The molecule has 1 aliphatic heterocycles. The molecule has 1 aromatic heterocycles. The minimum absolute atomic E-state index is 0.0360. The van der Waals surface area contributed by atoms with Crippen LogP contribution in [0.4, 0.5) is 13.2 Å². The maximum atomic E-state index is 13.9. The fourth-order valence-electron chi connectivity index (χ4n) is 3.91. The van der Waals surface area contributed by atoms with Crippen LogP contribution >= 0.6 is 0 Å². The highest BCUT2D eigenvalue weighted by molar-refractivity contribution is 5.89. The molecule has 2 aromatic carbocycles. The van der Waals surface area contributed by atoms with Gasteiger partial charge < -0.3 is 18.6 Å². The third kappa shape index (κ3) is 4.09.